The molecule has 0 atom stereocenters. The Hall–Kier alpha value is -2.80. The maximum Gasteiger partial charge on any atom is 0.119 e. The van der Waals surface area contributed by atoms with Crippen molar-refractivity contribution < 1.29 is 4.74 Å². The Morgan fingerprint density at radius 1 is 0.750 bits per heavy atom. The van der Waals surface area contributed by atoms with Crippen molar-refractivity contribution >= 4 is 6.08 Å². The molecule has 0 radical (unpaired) electrons. The van der Waals surface area contributed by atoms with Gasteiger partial charge in [0.15, 0.2) is 0 Å². The van der Waals surface area contributed by atoms with Gasteiger partial charge in [-0.05, 0) is 48.2 Å². The largest absolute Gasteiger partial charge is 0.489 e. The van der Waals surface area contributed by atoms with Crippen LogP contribution in [0.1, 0.15) is 25.0 Å². The van der Waals surface area contributed by atoms with Gasteiger partial charge in [-0.3, -0.25) is 0 Å². The Morgan fingerprint density at radius 2 is 1.33 bits per heavy atom. The highest BCUT2D eigenvalue weighted by molar-refractivity contribution is 5.66. The van der Waals surface area contributed by atoms with E-state index < -0.39 is 0 Å². The first-order valence-corrected chi connectivity index (χ1v) is 8.23. The standard InChI is InChI=1S/C23H22O/c1-18(2)16-19-8-10-21(11-9-19)22-12-14-23(15-13-22)24-17-20-6-4-3-5-7-20/h3-16H,17H2,1-2H3. The monoisotopic (exact) mass is 314 g/mol. The van der Waals surface area contributed by atoms with E-state index in [4.69, 9.17) is 4.74 Å². The molecule has 0 aromatic heterocycles. The van der Waals surface area contributed by atoms with Gasteiger partial charge in [0.25, 0.3) is 0 Å². The van der Waals surface area contributed by atoms with Crippen LogP contribution in [-0.4, -0.2) is 0 Å². The molecule has 3 aromatic carbocycles. The molecular weight excluding hydrogens is 292 g/mol. The zero-order chi connectivity index (χ0) is 16.8. The quantitative estimate of drug-likeness (QED) is 0.532. The molecule has 0 amide bonds. The molecule has 0 spiro atoms. The molecule has 0 saturated carbocycles. The second-order valence-corrected chi connectivity index (χ2v) is 6.14. The van der Waals surface area contributed by atoms with Gasteiger partial charge in [-0.1, -0.05) is 78.4 Å². The lowest BCUT2D eigenvalue weighted by atomic mass is 10.0. The molecule has 0 heterocycles. The summed E-state index contributed by atoms with van der Waals surface area (Å²) in [6.07, 6.45) is 2.18. The summed E-state index contributed by atoms with van der Waals surface area (Å²) < 4.78 is 5.84. The average molecular weight is 314 g/mol. The van der Waals surface area contributed by atoms with Crippen LogP contribution in [0, 0.1) is 0 Å². The Morgan fingerprint density at radius 3 is 1.92 bits per heavy atom. The summed E-state index contributed by atoms with van der Waals surface area (Å²) in [6.45, 7) is 4.82. The average Bonchev–Trinajstić information content (AvgIpc) is 2.62. The topological polar surface area (TPSA) is 9.23 Å². The van der Waals surface area contributed by atoms with E-state index >= 15 is 0 Å². The minimum absolute atomic E-state index is 0.595. The Bertz CT molecular complexity index is 793. The second kappa shape index (κ2) is 7.65. The minimum Gasteiger partial charge on any atom is -0.489 e. The number of hydrogen-bond donors (Lipinski definition) is 0. The Balaban J connectivity index is 1.67. The van der Waals surface area contributed by atoms with E-state index in [9.17, 15) is 0 Å². The molecular formula is C23H22O. The van der Waals surface area contributed by atoms with Crippen LogP contribution in [0.3, 0.4) is 0 Å². The highest BCUT2D eigenvalue weighted by atomic mass is 16.5. The Kier molecular flexibility index (Phi) is 5.12. The van der Waals surface area contributed by atoms with Crippen molar-refractivity contribution in [1.82, 2.24) is 0 Å². The van der Waals surface area contributed by atoms with E-state index in [1.54, 1.807) is 0 Å². The van der Waals surface area contributed by atoms with Crippen molar-refractivity contribution in [3.05, 3.63) is 95.6 Å². The summed E-state index contributed by atoms with van der Waals surface area (Å²) in [5, 5.41) is 0. The normalized spacial score (nSPS) is 10.2. The molecule has 0 unspecified atom stereocenters. The molecule has 0 aliphatic carbocycles. The van der Waals surface area contributed by atoms with Crippen molar-refractivity contribution in [2.75, 3.05) is 0 Å². The predicted molar refractivity (Wildman–Crippen MR) is 102 cm³/mol. The zero-order valence-corrected chi connectivity index (χ0v) is 14.2. The van der Waals surface area contributed by atoms with Crippen molar-refractivity contribution in [3.63, 3.8) is 0 Å². The highest BCUT2D eigenvalue weighted by Gasteiger charge is 2.00. The van der Waals surface area contributed by atoms with Gasteiger partial charge in [0.05, 0.1) is 0 Å². The van der Waals surface area contributed by atoms with Crippen LogP contribution in [0.5, 0.6) is 5.75 Å². The molecule has 0 N–H and O–H groups in total. The highest BCUT2D eigenvalue weighted by Crippen LogP contribution is 2.24. The van der Waals surface area contributed by atoms with Crippen LogP contribution >= 0.6 is 0 Å². The third-order valence-electron chi connectivity index (χ3n) is 3.80. The smallest absolute Gasteiger partial charge is 0.119 e. The summed E-state index contributed by atoms with van der Waals surface area (Å²) in [4.78, 5) is 0. The molecule has 120 valence electrons. The van der Waals surface area contributed by atoms with Gasteiger partial charge in [-0.25, -0.2) is 0 Å². The lowest BCUT2D eigenvalue weighted by molar-refractivity contribution is 0.306. The summed E-state index contributed by atoms with van der Waals surface area (Å²) in [5.41, 5.74) is 6.14. The number of rotatable bonds is 5. The SMILES string of the molecule is CC(C)=Cc1ccc(-c2ccc(OCc3ccccc3)cc2)cc1. The molecule has 3 rings (SSSR count). The molecule has 24 heavy (non-hydrogen) atoms. The van der Waals surface area contributed by atoms with Gasteiger partial charge in [-0.15, -0.1) is 0 Å². The molecule has 0 fully saturated rings. The van der Waals surface area contributed by atoms with Gasteiger partial charge >= 0.3 is 0 Å². The van der Waals surface area contributed by atoms with E-state index in [1.807, 2.05) is 30.3 Å². The Labute approximate surface area is 144 Å². The van der Waals surface area contributed by atoms with Crippen LogP contribution < -0.4 is 4.74 Å². The summed E-state index contributed by atoms with van der Waals surface area (Å²) in [5.74, 6) is 0.892. The number of hydrogen-bond acceptors (Lipinski definition) is 1. The van der Waals surface area contributed by atoms with Crippen molar-refractivity contribution in [2.45, 2.75) is 20.5 Å². The van der Waals surface area contributed by atoms with E-state index in [0.717, 1.165) is 5.75 Å². The van der Waals surface area contributed by atoms with Crippen LogP contribution in [0.25, 0.3) is 17.2 Å². The maximum absolute atomic E-state index is 5.84. The van der Waals surface area contributed by atoms with Crippen molar-refractivity contribution in [1.29, 1.82) is 0 Å². The van der Waals surface area contributed by atoms with Gasteiger partial charge in [0.1, 0.15) is 12.4 Å². The lowest BCUT2D eigenvalue weighted by Crippen LogP contribution is -1.94. The van der Waals surface area contributed by atoms with Crippen LogP contribution in [0.15, 0.2) is 84.4 Å². The minimum atomic E-state index is 0.595. The molecule has 1 heteroatoms. The van der Waals surface area contributed by atoms with Crippen LogP contribution in [0.2, 0.25) is 0 Å². The summed E-state index contributed by atoms with van der Waals surface area (Å²) in [6, 6.07) is 27.1. The summed E-state index contributed by atoms with van der Waals surface area (Å²) >= 11 is 0. The molecule has 0 bridgehead atoms. The summed E-state index contributed by atoms with van der Waals surface area (Å²) in [7, 11) is 0. The number of allylic oxidation sites excluding steroid dienone is 1. The van der Waals surface area contributed by atoms with Gasteiger partial charge in [0, 0.05) is 0 Å². The molecule has 0 aliphatic rings. The molecule has 1 nitrogen and oxygen atoms in total. The molecule has 0 aliphatic heterocycles. The third-order valence-corrected chi connectivity index (χ3v) is 3.80. The fourth-order valence-electron chi connectivity index (χ4n) is 2.59. The van der Waals surface area contributed by atoms with Gasteiger partial charge < -0.3 is 4.74 Å². The molecule has 3 aromatic rings. The van der Waals surface area contributed by atoms with Crippen molar-refractivity contribution in [2.24, 2.45) is 0 Å². The number of benzene rings is 3. The van der Waals surface area contributed by atoms with Gasteiger partial charge in [0.2, 0.25) is 0 Å². The lowest BCUT2D eigenvalue weighted by Gasteiger charge is -2.08. The maximum atomic E-state index is 5.84. The fourth-order valence-corrected chi connectivity index (χ4v) is 2.59. The van der Waals surface area contributed by atoms with E-state index in [2.05, 4.69) is 68.5 Å². The van der Waals surface area contributed by atoms with E-state index in [0.29, 0.717) is 6.61 Å². The first-order valence-electron chi connectivity index (χ1n) is 8.23. The van der Waals surface area contributed by atoms with Crippen LogP contribution in [0.4, 0.5) is 0 Å². The van der Waals surface area contributed by atoms with Gasteiger partial charge in [-0.2, -0.15) is 0 Å². The zero-order valence-electron chi connectivity index (χ0n) is 14.2. The molecule has 0 saturated heterocycles. The fraction of sp³-hybridized carbons (Fsp3) is 0.130. The third kappa shape index (κ3) is 4.36. The van der Waals surface area contributed by atoms with Crippen molar-refractivity contribution in [3.8, 4) is 16.9 Å². The first kappa shape index (κ1) is 16.1. The number of ether oxygens (including phenoxy) is 1. The van der Waals surface area contributed by atoms with E-state index in [-0.39, 0.29) is 0 Å². The van der Waals surface area contributed by atoms with Crippen LogP contribution in [-0.2, 0) is 6.61 Å². The second-order valence-electron chi connectivity index (χ2n) is 6.14. The van der Waals surface area contributed by atoms with E-state index in [1.165, 1.54) is 27.8 Å². The predicted octanol–water partition coefficient (Wildman–Crippen LogP) is 6.36. The first-order chi connectivity index (χ1) is 11.7.